The van der Waals surface area contributed by atoms with Crippen LogP contribution in [-0.2, 0) is 0 Å². The van der Waals surface area contributed by atoms with Crippen molar-refractivity contribution in [2.75, 3.05) is 31.1 Å². The predicted molar refractivity (Wildman–Crippen MR) is 73.1 cm³/mol. The number of aryl methyl sites for hydroxylation is 1. The van der Waals surface area contributed by atoms with E-state index >= 15 is 0 Å². The van der Waals surface area contributed by atoms with Gasteiger partial charge in [0.25, 0.3) is 0 Å². The third kappa shape index (κ3) is 2.48. The molecule has 3 heterocycles. The van der Waals surface area contributed by atoms with Crippen molar-refractivity contribution in [2.45, 2.75) is 38.5 Å². The van der Waals surface area contributed by atoms with Crippen molar-refractivity contribution in [3.63, 3.8) is 0 Å². The fraction of sp³-hybridized carbons (Fsp3) is 0.714. The molecule has 98 valence electrons. The van der Waals surface area contributed by atoms with Crippen LogP contribution in [0, 0.1) is 6.92 Å². The Kier molecular flexibility index (Phi) is 3.46. The molecule has 2 saturated heterocycles. The van der Waals surface area contributed by atoms with Crippen LogP contribution in [-0.4, -0.2) is 36.1 Å². The second-order valence-electron chi connectivity index (χ2n) is 5.44. The van der Waals surface area contributed by atoms with Crippen LogP contribution < -0.4 is 10.2 Å². The van der Waals surface area contributed by atoms with E-state index in [1.165, 1.54) is 31.4 Å². The summed E-state index contributed by atoms with van der Waals surface area (Å²) in [5.74, 6) is 2.63. The second kappa shape index (κ2) is 5.22. The third-order valence-corrected chi connectivity index (χ3v) is 3.99. The number of hydrogen-bond acceptors (Lipinski definition) is 4. The molecule has 4 nitrogen and oxygen atoms in total. The first kappa shape index (κ1) is 11.9. The van der Waals surface area contributed by atoms with E-state index in [0.29, 0.717) is 5.92 Å². The maximum atomic E-state index is 4.65. The number of nitrogens with one attached hydrogen (secondary N) is 1. The van der Waals surface area contributed by atoms with Gasteiger partial charge in [-0.15, -0.1) is 0 Å². The van der Waals surface area contributed by atoms with Crippen LogP contribution in [0.1, 0.15) is 43.1 Å². The van der Waals surface area contributed by atoms with Crippen molar-refractivity contribution < 1.29 is 0 Å². The van der Waals surface area contributed by atoms with Gasteiger partial charge in [0.15, 0.2) is 0 Å². The van der Waals surface area contributed by atoms with Gasteiger partial charge in [0.05, 0.1) is 5.69 Å². The Hall–Kier alpha value is -1.16. The van der Waals surface area contributed by atoms with Gasteiger partial charge in [-0.25, -0.2) is 9.97 Å². The number of anilines is 1. The van der Waals surface area contributed by atoms with Crippen LogP contribution in [0.15, 0.2) is 6.07 Å². The molecule has 0 unspecified atom stereocenters. The topological polar surface area (TPSA) is 41.1 Å². The average molecular weight is 246 g/mol. The highest BCUT2D eigenvalue weighted by Gasteiger charge is 2.20. The summed E-state index contributed by atoms with van der Waals surface area (Å²) in [6.45, 7) is 6.53. The van der Waals surface area contributed by atoms with Gasteiger partial charge in [-0.05, 0) is 39.2 Å². The molecule has 1 aromatic rings. The van der Waals surface area contributed by atoms with Crippen molar-refractivity contribution in [1.29, 1.82) is 0 Å². The Morgan fingerprint density at radius 1 is 1.22 bits per heavy atom. The van der Waals surface area contributed by atoms with Crippen molar-refractivity contribution in [3.05, 3.63) is 17.6 Å². The molecule has 0 spiro atoms. The van der Waals surface area contributed by atoms with Crippen LogP contribution in [0.2, 0.25) is 0 Å². The molecule has 18 heavy (non-hydrogen) atoms. The Labute approximate surface area is 109 Å². The van der Waals surface area contributed by atoms with Gasteiger partial charge < -0.3 is 10.2 Å². The predicted octanol–water partition coefficient (Wildman–Crippen LogP) is 1.85. The summed E-state index contributed by atoms with van der Waals surface area (Å²) in [6, 6.07) is 2.22. The van der Waals surface area contributed by atoms with Crippen molar-refractivity contribution >= 4 is 5.82 Å². The Bertz CT molecular complexity index is 406. The highest BCUT2D eigenvalue weighted by atomic mass is 15.2. The minimum atomic E-state index is 0.571. The zero-order valence-corrected chi connectivity index (χ0v) is 11.2. The number of rotatable bonds is 2. The van der Waals surface area contributed by atoms with E-state index in [1.54, 1.807) is 0 Å². The SMILES string of the molecule is Cc1nc([C@@H]2CCCNC2)cc(N2CCCC2)n1. The van der Waals surface area contributed by atoms with Crippen LogP contribution in [0.4, 0.5) is 5.82 Å². The Balaban J connectivity index is 1.84. The third-order valence-electron chi connectivity index (χ3n) is 3.99. The van der Waals surface area contributed by atoms with Gasteiger partial charge in [0.2, 0.25) is 0 Å². The zero-order chi connectivity index (χ0) is 12.4. The van der Waals surface area contributed by atoms with Gasteiger partial charge in [0.1, 0.15) is 11.6 Å². The summed E-state index contributed by atoms with van der Waals surface area (Å²) in [4.78, 5) is 11.7. The first-order valence-corrected chi connectivity index (χ1v) is 7.14. The fourth-order valence-corrected chi connectivity index (χ4v) is 3.00. The summed E-state index contributed by atoms with van der Waals surface area (Å²) in [5.41, 5.74) is 1.23. The van der Waals surface area contributed by atoms with Crippen molar-refractivity contribution in [1.82, 2.24) is 15.3 Å². The number of nitrogens with zero attached hydrogens (tertiary/aromatic N) is 3. The minimum absolute atomic E-state index is 0.571. The van der Waals surface area contributed by atoms with Gasteiger partial charge in [-0.1, -0.05) is 0 Å². The van der Waals surface area contributed by atoms with Crippen molar-refractivity contribution in [2.24, 2.45) is 0 Å². The maximum absolute atomic E-state index is 4.65. The minimum Gasteiger partial charge on any atom is -0.357 e. The summed E-state index contributed by atoms with van der Waals surface area (Å²) < 4.78 is 0. The summed E-state index contributed by atoms with van der Waals surface area (Å²) in [5, 5.41) is 3.47. The normalized spacial score (nSPS) is 24.5. The highest BCUT2D eigenvalue weighted by molar-refractivity contribution is 5.41. The first-order chi connectivity index (χ1) is 8.83. The molecular formula is C14H22N4. The Morgan fingerprint density at radius 3 is 2.78 bits per heavy atom. The van der Waals surface area contributed by atoms with Crippen molar-refractivity contribution in [3.8, 4) is 0 Å². The lowest BCUT2D eigenvalue weighted by Crippen LogP contribution is -2.29. The quantitative estimate of drug-likeness (QED) is 0.864. The average Bonchev–Trinajstić information content (AvgIpc) is 2.93. The van der Waals surface area contributed by atoms with E-state index in [1.807, 2.05) is 6.92 Å². The molecule has 0 radical (unpaired) electrons. The molecule has 3 rings (SSSR count). The summed E-state index contributed by atoms with van der Waals surface area (Å²) >= 11 is 0. The molecule has 2 fully saturated rings. The van der Waals surface area contributed by atoms with Gasteiger partial charge in [-0.3, -0.25) is 0 Å². The molecule has 1 N–H and O–H groups in total. The number of hydrogen-bond donors (Lipinski definition) is 1. The van der Waals surface area contributed by atoms with E-state index in [9.17, 15) is 0 Å². The zero-order valence-electron chi connectivity index (χ0n) is 11.2. The van der Waals surface area contributed by atoms with Crippen LogP contribution in [0.3, 0.4) is 0 Å². The van der Waals surface area contributed by atoms with Crippen LogP contribution >= 0.6 is 0 Å². The molecule has 0 saturated carbocycles. The number of aromatic nitrogens is 2. The molecule has 2 aliphatic heterocycles. The lowest BCUT2D eigenvalue weighted by Gasteiger charge is -2.24. The largest absolute Gasteiger partial charge is 0.357 e. The lowest BCUT2D eigenvalue weighted by molar-refractivity contribution is 0.453. The summed E-state index contributed by atoms with van der Waals surface area (Å²) in [6.07, 6.45) is 5.10. The van der Waals surface area contributed by atoms with E-state index in [-0.39, 0.29) is 0 Å². The molecule has 0 aliphatic carbocycles. The van der Waals surface area contributed by atoms with E-state index in [2.05, 4.69) is 26.3 Å². The molecule has 0 aromatic carbocycles. The molecule has 1 aromatic heterocycles. The lowest BCUT2D eigenvalue weighted by atomic mass is 9.96. The van der Waals surface area contributed by atoms with Crippen LogP contribution in [0.25, 0.3) is 0 Å². The maximum Gasteiger partial charge on any atom is 0.132 e. The number of piperidine rings is 1. The van der Waals surface area contributed by atoms with Gasteiger partial charge in [-0.2, -0.15) is 0 Å². The molecule has 1 atom stereocenters. The highest BCUT2D eigenvalue weighted by Crippen LogP contribution is 2.25. The van der Waals surface area contributed by atoms with E-state index in [0.717, 1.165) is 37.8 Å². The monoisotopic (exact) mass is 246 g/mol. The molecule has 2 aliphatic rings. The molecule has 0 bridgehead atoms. The Morgan fingerprint density at radius 2 is 2.06 bits per heavy atom. The van der Waals surface area contributed by atoms with E-state index in [4.69, 9.17) is 0 Å². The van der Waals surface area contributed by atoms with Gasteiger partial charge in [0, 0.05) is 31.6 Å². The first-order valence-electron chi connectivity index (χ1n) is 7.14. The summed E-state index contributed by atoms with van der Waals surface area (Å²) in [7, 11) is 0. The van der Waals surface area contributed by atoms with E-state index < -0.39 is 0 Å². The van der Waals surface area contributed by atoms with Gasteiger partial charge >= 0.3 is 0 Å². The fourth-order valence-electron chi connectivity index (χ4n) is 3.00. The molecule has 0 amide bonds. The van der Waals surface area contributed by atoms with Crippen LogP contribution in [0.5, 0.6) is 0 Å². The standard InChI is InChI=1S/C14H22N4/c1-11-16-13(12-5-4-6-15-10-12)9-14(17-11)18-7-2-3-8-18/h9,12,15H,2-8,10H2,1H3/t12-/m1/s1. The molecular weight excluding hydrogens is 224 g/mol. The second-order valence-corrected chi connectivity index (χ2v) is 5.44. The smallest absolute Gasteiger partial charge is 0.132 e. The molecule has 4 heteroatoms.